The van der Waals surface area contributed by atoms with Gasteiger partial charge >= 0.3 is 0 Å². The van der Waals surface area contributed by atoms with Crippen LogP contribution in [0.25, 0.3) is 11.1 Å². The van der Waals surface area contributed by atoms with Gasteiger partial charge in [0.05, 0.1) is 30.7 Å². The standard InChI is InChI=1S/C31H31FN6O4/c1-36-23(10-13-41-2)15-25(20-6-4-3-5-7-20)28(36)29(39)30(40)35-22-8-9-26-27(14-22)42-19-24-18-37(11-12-38(24)26)31-33-16-21(32)17-34-31/h3-9,14-17,24H,10-13,18-19H2,1-2H3,(H,35,40)/t24-/m1/s1. The number of fused-ring (bicyclic) bond motifs is 3. The maximum Gasteiger partial charge on any atom is 0.298 e. The summed E-state index contributed by atoms with van der Waals surface area (Å²) in [6.07, 6.45) is 2.95. The summed E-state index contributed by atoms with van der Waals surface area (Å²) in [7, 11) is 3.43. The summed E-state index contributed by atoms with van der Waals surface area (Å²) in [5.41, 5.74) is 4.16. The molecule has 6 rings (SSSR count). The lowest BCUT2D eigenvalue weighted by molar-refractivity contribution is -0.112. The Bertz CT molecular complexity index is 1610. The van der Waals surface area contributed by atoms with Gasteiger partial charge in [-0.3, -0.25) is 9.59 Å². The zero-order chi connectivity index (χ0) is 29.2. The van der Waals surface area contributed by atoms with Gasteiger partial charge in [-0.2, -0.15) is 0 Å². The maximum atomic E-state index is 13.6. The van der Waals surface area contributed by atoms with Crippen LogP contribution in [0.2, 0.25) is 0 Å². The Hall–Kier alpha value is -4.77. The first kappa shape index (κ1) is 27.4. The van der Waals surface area contributed by atoms with Gasteiger partial charge in [-0.05, 0) is 23.8 Å². The minimum atomic E-state index is -0.728. The third-order valence-corrected chi connectivity index (χ3v) is 7.73. The number of ketones is 1. The molecule has 1 fully saturated rings. The fourth-order valence-electron chi connectivity index (χ4n) is 5.61. The number of Topliss-reactive ketones (excluding diaryl/α,β-unsaturated/α-hetero) is 1. The number of carbonyl (C=O) groups is 2. The molecule has 216 valence electrons. The van der Waals surface area contributed by atoms with Crippen LogP contribution in [-0.2, 0) is 23.0 Å². The van der Waals surface area contributed by atoms with Crippen LogP contribution < -0.4 is 19.9 Å². The second kappa shape index (κ2) is 11.6. The summed E-state index contributed by atoms with van der Waals surface area (Å²) in [5.74, 6) is -0.701. The zero-order valence-corrected chi connectivity index (χ0v) is 23.4. The van der Waals surface area contributed by atoms with Gasteiger partial charge < -0.3 is 29.2 Å². The molecule has 2 aliphatic heterocycles. The molecule has 2 aliphatic rings. The van der Waals surface area contributed by atoms with Gasteiger partial charge in [0.2, 0.25) is 5.95 Å². The smallest absolute Gasteiger partial charge is 0.298 e. The molecule has 1 N–H and O–H groups in total. The second-order valence-corrected chi connectivity index (χ2v) is 10.3. The summed E-state index contributed by atoms with van der Waals surface area (Å²) in [5, 5.41) is 2.77. The predicted octanol–water partition coefficient (Wildman–Crippen LogP) is 3.72. The highest BCUT2D eigenvalue weighted by atomic mass is 19.1. The van der Waals surface area contributed by atoms with E-state index in [4.69, 9.17) is 9.47 Å². The Morgan fingerprint density at radius 1 is 1.10 bits per heavy atom. The van der Waals surface area contributed by atoms with Crippen LogP contribution in [0.1, 0.15) is 16.2 Å². The van der Waals surface area contributed by atoms with Gasteiger partial charge in [0, 0.05) is 63.2 Å². The predicted molar refractivity (Wildman–Crippen MR) is 157 cm³/mol. The van der Waals surface area contributed by atoms with E-state index in [1.165, 1.54) is 12.4 Å². The largest absolute Gasteiger partial charge is 0.489 e. The molecular formula is C31H31FN6O4. The lowest BCUT2D eigenvalue weighted by atomic mass is 10.0. The Morgan fingerprint density at radius 2 is 1.88 bits per heavy atom. The molecule has 11 heteroatoms. The first-order valence-electron chi connectivity index (χ1n) is 13.8. The topological polar surface area (TPSA) is 102 Å². The quantitative estimate of drug-likeness (QED) is 0.253. The van der Waals surface area contributed by atoms with Gasteiger partial charge in [-0.15, -0.1) is 0 Å². The van der Waals surface area contributed by atoms with Crippen LogP contribution in [0, 0.1) is 5.82 Å². The lowest BCUT2D eigenvalue weighted by Crippen LogP contribution is -2.57. The number of rotatable bonds is 8. The van der Waals surface area contributed by atoms with Crippen molar-refractivity contribution in [3.8, 4) is 16.9 Å². The van der Waals surface area contributed by atoms with Crippen molar-refractivity contribution in [1.82, 2.24) is 14.5 Å². The SMILES string of the molecule is COCCc1cc(-c2ccccc2)c(C(=O)C(=O)Nc2ccc3c(c2)OC[C@H]2CN(c4ncc(F)cn4)CCN32)n1C. The molecule has 0 radical (unpaired) electrons. The fourth-order valence-corrected chi connectivity index (χ4v) is 5.61. The summed E-state index contributed by atoms with van der Waals surface area (Å²) in [6.45, 7) is 2.92. The summed E-state index contributed by atoms with van der Waals surface area (Å²) in [4.78, 5) is 39.3. The van der Waals surface area contributed by atoms with E-state index < -0.39 is 17.5 Å². The Balaban J connectivity index is 1.18. The first-order chi connectivity index (χ1) is 20.4. The van der Waals surface area contributed by atoms with Crippen LogP contribution in [0.4, 0.5) is 21.7 Å². The number of anilines is 3. The number of aromatic nitrogens is 3. The Morgan fingerprint density at radius 3 is 2.64 bits per heavy atom. The monoisotopic (exact) mass is 570 g/mol. The number of piperazine rings is 1. The summed E-state index contributed by atoms with van der Waals surface area (Å²) >= 11 is 0. The zero-order valence-electron chi connectivity index (χ0n) is 23.4. The first-order valence-corrected chi connectivity index (χ1v) is 13.8. The van der Waals surface area contributed by atoms with Gasteiger partial charge in [0.15, 0.2) is 5.82 Å². The molecule has 0 saturated carbocycles. The van der Waals surface area contributed by atoms with Gasteiger partial charge in [-0.1, -0.05) is 30.3 Å². The van der Waals surface area contributed by atoms with Crippen molar-refractivity contribution in [3.63, 3.8) is 0 Å². The third kappa shape index (κ3) is 5.30. The molecule has 42 heavy (non-hydrogen) atoms. The number of hydrogen-bond acceptors (Lipinski definition) is 8. The van der Waals surface area contributed by atoms with E-state index in [1.807, 2.05) is 47.4 Å². The number of hydrogen-bond donors (Lipinski definition) is 1. The summed E-state index contributed by atoms with van der Waals surface area (Å²) in [6, 6.07) is 17.0. The van der Waals surface area contributed by atoms with Crippen LogP contribution in [0.5, 0.6) is 5.75 Å². The molecule has 10 nitrogen and oxygen atoms in total. The fraction of sp³-hybridized carbons (Fsp3) is 0.290. The minimum absolute atomic E-state index is 0.0583. The highest BCUT2D eigenvalue weighted by Crippen LogP contribution is 2.38. The lowest BCUT2D eigenvalue weighted by Gasteiger charge is -2.45. The normalized spacial score (nSPS) is 15.9. The number of benzene rings is 2. The van der Waals surface area contributed by atoms with Crippen molar-refractivity contribution in [2.75, 3.05) is 55.1 Å². The molecule has 1 saturated heterocycles. The third-order valence-electron chi connectivity index (χ3n) is 7.73. The van der Waals surface area contributed by atoms with E-state index in [2.05, 4.69) is 20.2 Å². The molecule has 1 amide bonds. The number of nitrogens with one attached hydrogen (secondary N) is 1. The minimum Gasteiger partial charge on any atom is -0.489 e. The molecule has 4 aromatic rings. The van der Waals surface area contributed by atoms with E-state index in [0.29, 0.717) is 67.9 Å². The van der Waals surface area contributed by atoms with E-state index in [1.54, 1.807) is 30.9 Å². The molecule has 0 aliphatic carbocycles. The molecule has 2 aromatic carbocycles. The number of halogens is 1. The van der Waals surface area contributed by atoms with E-state index in [9.17, 15) is 14.0 Å². The van der Waals surface area contributed by atoms with E-state index in [0.717, 1.165) is 16.9 Å². The number of amides is 1. The highest BCUT2D eigenvalue weighted by Gasteiger charge is 2.34. The van der Waals surface area contributed by atoms with Crippen LogP contribution in [0.3, 0.4) is 0 Å². The van der Waals surface area contributed by atoms with Crippen molar-refractivity contribution < 1.29 is 23.5 Å². The average molecular weight is 571 g/mol. The second-order valence-electron chi connectivity index (χ2n) is 10.3. The molecule has 0 unspecified atom stereocenters. The van der Waals surface area contributed by atoms with E-state index in [-0.39, 0.29) is 6.04 Å². The Labute approximate surface area is 242 Å². The number of methoxy groups -OCH3 is 1. The highest BCUT2D eigenvalue weighted by molar-refractivity contribution is 6.47. The number of carbonyl (C=O) groups excluding carboxylic acids is 2. The van der Waals surface area contributed by atoms with Gasteiger partial charge in [-0.25, -0.2) is 14.4 Å². The van der Waals surface area contributed by atoms with Crippen molar-refractivity contribution in [2.45, 2.75) is 12.5 Å². The molecule has 2 aromatic heterocycles. The molecule has 1 atom stereocenters. The summed E-state index contributed by atoms with van der Waals surface area (Å²) < 4.78 is 26.3. The number of nitrogens with zero attached hydrogens (tertiary/aromatic N) is 5. The Kier molecular flexibility index (Phi) is 7.58. The van der Waals surface area contributed by atoms with Crippen molar-refractivity contribution in [3.05, 3.63) is 84.2 Å². The molecule has 4 heterocycles. The van der Waals surface area contributed by atoms with Gasteiger partial charge in [0.25, 0.3) is 11.7 Å². The van der Waals surface area contributed by atoms with Crippen molar-refractivity contribution in [2.24, 2.45) is 7.05 Å². The van der Waals surface area contributed by atoms with Crippen LogP contribution in [0.15, 0.2) is 67.0 Å². The van der Waals surface area contributed by atoms with Crippen LogP contribution >= 0.6 is 0 Å². The molecule has 0 bridgehead atoms. The van der Waals surface area contributed by atoms with E-state index >= 15 is 0 Å². The van der Waals surface area contributed by atoms with Crippen LogP contribution in [-0.4, -0.2) is 72.2 Å². The average Bonchev–Trinajstić information content (AvgIpc) is 3.35. The molecular weight excluding hydrogens is 539 g/mol. The molecule has 0 spiro atoms. The van der Waals surface area contributed by atoms with Gasteiger partial charge in [0.1, 0.15) is 18.1 Å². The number of ether oxygens (including phenoxy) is 2. The van der Waals surface area contributed by atoms with Crippen molar-refractivity contribution in [1.29, 1.82) is 0 Å². The maximum absolute atomic E-state index is 13.6. The van der Waals surface area contributed by atoms with Crippen molar-refractivity contribution >= 4 is 29.0 Å².